The standard InChI is InChI=1S/C14H13ClF3N3O/c1-2-10-11(15)12(20-8-19-10)21-13(22-14(16,17)18)9-6-4-3-5-7-9/h3-8,13H,2H2,1H3,(H,19,20,21). The summed E-state index contributed by atoms with van der Waals surface area (Å²) in [7, 11) is 0. The number of aryl methyl sites for hydroxylation is 1. The van der Waals surface area contributed by atoms with Crippen molar-refractivity contribution in [2.24, 2.45) is 0 Å². The smallest absolute Gasteiger partial charge is 0.339 e. The number of nitrogens with zero attached hydrogens (tertiary/aromatic N) is 2. The van der Waals surface area contributed by atoms with Gasteiger partial charge in [-0.15, -0.1) is 13.2 Å². The number of ether oxygens (including phenoxy) is 1. The number of hydrogen-bond acceptors (Lipinski definition) is 4. The molecule has 0 spiro atoms. The van der Waals surface area contributed by atoms with E-state index in [1.807, 2.05) is 6.92 Å². The zero-order valence-electron chi connectivity index (χ0n) is 11.6. The molecule has 2 rings (SSSR count). The first-order valence-electron chi connectivity index (χ1n) is 6.46. The van der Waals surface area contributed by atoms with Gasteiger partial charge in [-0.3, -0.25) is 4.74 Å². The Balaban J connectivity index is 2.31. The Morgan fingerprint density at radius 2 is 1.91 bits per heavy atom. The van der Waals surface area contributed by atoms with Crippen LogP contribution in [0.5, 0.6) is 0 Å². The van der Waals surface area contributed by atoms with Gasteiger partial charge in [0.05, 0.1) is 5.69 Å². The van der Waals surface area contributed by atoms with Gasteiger partial charge in [-0.05, 0) is 6.42 Å². The second kappa shape index (κ2) is 6.93. The third kappa shape index (κ3) is 4.32. The predicted octanol–water partition coefficient (Wildman–Crippen LogP) is 4.34. The van der Waals surface area contributed by atoms with Gasteiger partial charge in [-0.2, -0.15) is 0 Å². The summed E-state index contributed by atoms with van der Waals surface area (Å²) in [6.45, 7) is 1.83. The van der Waals surface area contributed by atoms with Crippen LogP contribution in [0.3, 0.4) is 0 Å². The minimum atomic E-state index is -4.80. The van der Waals surface area contributed by atoms with Gasteiger partial charge in [0.1, 0.15) is 11.3 Å². The van der Waals surface area contributed by atoms with E-state index in [0.29, 0.717) is 17.7 Å². The fourth-order valence-corrected chi connectivity index (χ4v) is 2.11. The molecule has 1 N–H and O–H groups in total. The van der Waals surface area contributed by atoms with Crippen molar-refractivity contribution in [3.8, 4) is 0 Å². The highest BCUT2D eigenvalue weighted by Gasteiger charge is 2.34. The van der Waals surface area contributed by atoms with Crippen molar-refractivity contribution in [2.45, 2.75) is 25.9 Å². The molecule has 22 heavy (non-hydrogen) atoms. The van der Waals surface area contributed by atoms with Crippen LogP contribution in [-0.4, -0.2) is 16.3 Å². The first kappa shape index (κ1) is 16.5. The highest BCUT2D eigenvalue weighted by Crippen LogP contribution is 2.31. The highest BCUT2D eigenvalue weighted by atomic mass is 35.5. The molecule has 1 aromatic carbocycles. The molecular weight excluding hydrogens is 319 g/mol. The van der Waals surface area contributed by atoms with Crippen molar-refractivity contribution in [1.29, 1.82) is 0 Å². The van der Waals surface area contributed by atoms with Crippen LogP contribution in [-0.2, 0) is 11.2 Å². The van der Waals surface area contributed by atoms with Gasteiger partial charge >= 0.3 is 6.36 Å². The lowest BCUT2D eigenvalue weighted by Gasteiger charge is -2.22. The summed E-state index contributed by atoms with van der Waals surface area (Å²) < 4.78 is 42.0. The fraction of sp³-hybridized carbons (Fsp3) is 0.286. The summed E-state index contributed by atoms with van der Waals surface area (Å²) in [5.74, 6) is 0.0895. The Hall–Kier alpha value is -1.86. The quantitative estimate of drug-likeness (QED) is 0.828. The number of alkyl halides is 3. The van der Waals surface area contributed by atoms with Crippen LogP contribution in [0.2, 0.25) is 5.02 Å². The monoisotopic (exact) mass is 331 g/mol. The molecule has 0 saturated carbocycles. The van der Waals surface area contributed by atoms with E-state index >= 15 is 0 Å². The van der Waals surface area contributed by atoms with Crippen molar-refractivity contribution in [3.63, 3.8) is 0 Å². The van der Waals surface area contributed by atoms with Gasteiger partial charge < -0.3 is 5.32 Å². The minimum absolute atomic E-state index is 0.0895. The first-order chi connectivity index (χ1) is 10.4. The number of halogens is 4. The Labute approximate surface area is 130 Å². The van der Waals surface area contributed by atoms with E-state index < -0.39 is 12.6 Å². The Bertz CT molecular complexity index is 622. The maximum absolute atomic E-state index is 12.6. The average molecular weight is 332 g/mol. The molecule has 1 aromatic heterocycles. The van der Waals surface area contributed by atoms with Gasteiger partial charge in [-0.25, -0.2) is 9.97 Å². The van der Waals surface area contributed by atoms with Crippen molar-refractivity contribution in [2.75, 3.05) is 5.32 Å². The van der Waals surface area contributed by atoms with Gasteiger partial charge in [0, 0.05) is 5.56 Å². The molecule has 2 aromatic rings. The Kier molecular flexibility index (Phi) is 5.20. The molecule has 118 valence electrons. The number of nitrogens with one attached hydrogen (secondary N) is 1. The van der Waals surface area contributed by atoms with E-state index in [4.69, 9.17) is 11.6 Å². The van der Waals surface area contributed by atoms with Crippen LogP contribution in [0.15, 0.2) is 36.7 Å². The molecule has 1 heterocycles. The fourth-order valence-electron chi connectivity index (χ4n) is 1.82. The summed E-state index contributed by atoms with van der Waals surface area (Å²) in [5, 5.41) is 2.75. The molecule has 0 amide bonds. The molecule has 0 radical (unpaired) electrons. The van der Waals surface area contributed by atoms with Crippen molar-refractivity contribution < 1.29 is 17.9 Å². The summed E-state index contributed by atoms with van der Waals surface area (Å²) in [6.07, 6.45) is -4.49. The molecule has 1 atom stereocenters. The highest BCUT2D eigenvalue weighted by molar-refractivity contribution is 6.33. The molecule has 0 saturated heterocycles. The van der Waals surface area contributed by atoms with E-state index in [-0.39, 0.29) is 10.8 Å². The summed E-state index contributed by atoms with van der Waals surface area (Å²) in [6, 6.07) is 7.95. The van der Waals surface area contributed by atoms with E-state index in [2.05, 4.69) is 20.0 Å². The van der Waals surface area contributed by atoms with E-state index in [0.717, 1.165) is 0 Å². The number of anilines is 1. The van der Waals surface area contributed by atoms with E-state index in [9.17, 15) is 13.2 Å². The minimum Gasteiger partial charge on any atom is -0.339 e. The third-order valence-electron chi connectivity index (χ3n) is 2.82. The number of benzene rings is 1. The van der Waals surface area contributed by atoms with Crippen LogP contribution < -0.4 is 5.32 Å². The summed E-state index contributed by atoms with van der Waals surface area (Å²) in [4.78, 5) is 7.85. The van der Waals surface area contributed by atoms with Crippen molar-refractivity contribution in [3.05, 3.63) is 52.9 Å². The lowest BCUT2D eigenvalue weighted by Crippen LogP contribution is -2.24. The second-order valence-corrected chi connectivity index (χ2v) is 4.71. The van der Waals surface area contributed by atoms with Crippen LogP contribution >= 0.6 is 11.6 Å². The lowest BCUT2D eigenvalue weighted by molar-refractivity contribution is -0.341. The van der Waals surface area contributed by atoms with Gasteiger partial charge in [-0.1, -0.05) is 48.9 Å². The molecule has 0 aliphatic heterocycles. The molecular formula is C14H13ClF3N3O. The number of aromatic nitrogens is 2. The van der Waals surface area contributed by atoms with Crippen molar-refractivity contribution >= 4 is 17.4 Å². The normalized spacial score (nSPS) is 13.0. The third-order valence-corrected chi connectivity index (χ3v) is 3.22. The first-order valence-corrected chi connectivity index (χ1v) is 6.84. The maximum Gasteiger partial charge on any atom is 0.524 e. The number of hydrogen-bond donors (Lipinski definition) is 1. The van der Waals surface area contributed by atoms with Gasteiger partial charge in [0.2, 0.25) is 0 Å². The summed E-state index contributed by atoms with van der Waals surface area (Å²) in [5.41, 5.74) is 0.838. The SMILES string of the molecule is CCc1ncnc(NC(OC(F)(F)F)c2ccccc2)c1Cl. The van der Waals surface area contributed by atoms with Crippen LogP contribution in [0.4, 0.5) is 19.0 Å². The maximum atomic E-state index is 12.6. The predicted molar refractivity (Wildman–Crippen MR) is 76.4 cm³/mol. The second-order valence-electron chi connectivity index (χ2n) is 4.34. The van der Waals surface area contributed by atoms with Crippen LogP contribution in [0.1, 0.15) is 24.4 Å². The largest absolute Gasteiger partial charge is 0.524 e. The molecule has 0 aliphatic carbocycles. The lowest BCUT2D eigenvalue weighted by atomic mass is 10.2. The van der Waals surface area contributed by atoms with Gasteiger partial charge in [0.25, 0.3) is 0 Å². The Morgan fingerprint density at radius 3 is 2.50 bits per heavy atom. The van der Waals surface area contributed by atoms with Gasteiger partial charge in [0.15, 0.2) is 12.0 Å². The average Bonchev–Trinajstić information content (AvgIpc) is 2.48. The van der Waals surface area contributed by atoms with E-state index in [1.165, 1.54) is 18.5 Å². The zero-order valence-corrected chi connectivity index (χ0v) is 12.3. The van der Waals surface area contributed by atoms with Crippen LogP contribution in [0.25, 0.3) is 0 Å². The molecule has 0 aliphatic rings. The zero-order chi connectivity index (χ0) is 16.2. The van der Waals surface area contributed by atoms with Crippen molar-refractivity contribution in [1.82, 2.24) is 9.97 Å². The summed E-state index contributed by atoms with van der Waals surface area (Å²) >= 11 is 6.09. The molecule has 0 bridgehead atoms. The van der Waals surface area contributed by atoms with E-state index in [1.54, 1.807) is 18.2 Å². The topological polar surface area (TPSA) is 47.0 Å². The van der Waals surface area contributed by atoms with Crippen LogP contribution in [0, 0.1) is 0 Å². The number of rotatable bonds is 5. The molecule has 4 nitrogen and oxygen atoms in total. The molecule has 1 unspecified atom stereocenters. The molecule has 0 fully saturated rings. The Morgan fingerprint density at radius 1 is 1.23 bits per heavy atom. The molecule has 8 heteroatoms.